The molecule has 0 saturated carbocycles. The standard InChI is InChI=1S/C24H26ClN3O3S/c1-16-10-11-17(14-18(16)25)26-21(29)15-28-19-8-4-5-9-20(19)32-22(24(28)31)23(30)27-12-6-2-3-7-13-27/h4-5,8-11,14,22H,2-3,6-7,12-13,15H2,1H3,(H,26,29). The average molecular weight is 472 g/mol. The van der Waals surface area contributed by atoms with Gasteiger partial charge in [0.05, 0.1) is 5.69 Å². The fourth-order valence-electron chi connectivity index (χ4n) is 4.01. The summed E-state index contributed by atoms with van der Waals surface area (Å²) in [5.41, 5.74) is 2.13. The van der Waals surface area contributed by atoms with Gasteiger partial charge in [0, 0.05) is 28.7 Å². The van der Waals surface area contributed by atoms with Crippen molar-refractivity contribution in [3.63, 3.8) is 0 Å². The maximum Gasteiger partial charge on any atom is 0.250 e. The Kier molecular flexibility index (Phi) is 7.06. The molecule has 3 amide bonds. The number of aryl methyl sites for hydroxylation is 1. The molecule has 1 N–H and O–H groups in total. The molecule has 0 aromatic heterocycles. The highest BCUT2D eigenvalue weighted by molar-refractivity contribution is 8.01. The van der Waals surface area contributed by atoms with Gasteiger partial charge in [0.15, 0.2) is 5.25 Å². The number of anilines is 2. The first kappa shape index (κ1) is 22.7. The summed E-state index contributed by atoms with van der Waals surface area (Å²) < 4.78 is 0. The first-order chi connectivity index (χ1) is 15.4. The van der Waals surface area contributed by atoms with E-state index in [1.807, 2.05) is 42.2 Å². The highest BCUT2D eigenvalue weighted by Gasteiger charge is 2.40. The Morgan fingerprint density at radius 2 is 1.81 bits per heavy atom. The fourth-order valence-corrected chi connectivity index (χ4v) is 5.38. The summed E-state index contributed by atoms with van der Waals surface area (Å²) in [6.07, 6.45) is 4.12. The zero-order valence-corrected chi connectivity index (χ0v) is 19.5. The number of hydrogen-bond donors (Lipinski definition) is 1. The Bertz CT molecular complexity index is 1040. The lowest BCUT2D eigenvalue weighted by Crippen LogP contribution is -2.51. The summed E-state index contributed by atoms with van der Waals surface area (Å²) in [5.74, 6) is -0.854. The summed E-state index contributed by atoms with van der Waals surface area (Å²) >= 11 is 7.44. The first-order valence-electron chi connectivity index (χ1n) is 10.9. The minimum atomic E-state index is -0.871. The summed E-state index contributed by atoms with van der Waals surface area (Å²) in [7, 11) is 0. The quantitative estimate of drug-likeness (QED) is 0.666. The minimum absolute atomic E-state index is 0.160. The van der Waals surface area contributed by atoms with E-state index in [9.17, 15) is 14.4 Å². The number of thioether (sulfide) groups is 1. The molecule has 2 aliphatic heterocycles. The number of benzene rings is 2. The predicted octanol–water partition coefficient (Wildman–Crippen LogP) is 4.50. The van der Waals surface area contributed by atoms with Gasteiger partial charge in [-0.2, -0.15) is 0 Å². The van der Waals surface area contributed by atoms with Crippen LogP contribution in [0.2, 0.25) is 5.02 Å². The third kappa shape index (κ3) is 4.94. The summed E-state index contributed by atoms with van der Waals surface area (Å²) in [4.78, 5) is 43.5. The fraction of sp³-hybridized carbons (Fsp3) is 0.375. The number of likely N-dealkylation sites (tertiary alicyclic amines) is 1. The van der Waals surface area contributed by atoms with E-state index < -0.39 is 5.25 Å². The molecule has 168 valence electrons. The number of amides is 3. The van der Waals surface area contributed by atoms with Gasteiger partial charge in [-0.1, -0.05) is 42.6 Å². The summed E-state index contributed by atoms with van der Waals surface area (Å²) in [5, 5.41) is 2.49. The predicted molar refractivity (Wildman–Crippen MR) is 128 cm³/mol. The lowest BCUT2D eigenvalue weighted by Gasteiger charge is -2.34. The number of hydrogen-bond acceptors (Lipinski definition) is 4. The zero-order valence-electron chi connectivity index (χ0n) is 18.0. The van der Waals surface area contributed by atoms with Gasteiger partial charge < -0.3 is 15.1 Å². The van der Waals surface area contributed by atoms with Crippen molar-refractivity contribution in [2.75, 3.05) is 29.9 Å². The van der Waals surface area contributed by atoms with Crippen molar-refractivity contribution in [2.45, 2.75) is 42.8 Å². The van der Waals surface area contributed by atoms with E-state index in [1.54, 1.807) is 12.1 Å². The second kappa shape index (κ2) is 9.96. The second-order valence-electron chi connectivity index (χ2n) is 8.14. The van der Waals surface area contributed by atoms with E-state index in [4.69, 9.17) is 11.6 Å². The molecule has 2 aromatic carbocycles. The molecular weight excluding hydrogens is 446 g/mol. The van der Waals surface area contributed by atoms with Crippen molar-refractivity contribution in [1.29, 1.82) is 0 Å². The molecule has 8 heteroatoms. The van der Waals surface area contributed by atoms with Gasteiger partial charge in [-0.3, -0.25) is 14.4 Å². The Hall–Kier alpha value is -2.51. The van der Waals surface area contributed by atoms with Gasteiger partial charge in [0.2, 0.25) is 11.8 Å². The van der Waals surface area contributed by atoms with Crippen molar-refractivity contribution in [3.05, 3.63) is 53.1 Å². The van der Waals surface area contributed by atoms with E-state index in [0.29, 0.717) is 29.5 Å². The van der Waals surface area contributed by atoms with Gasteiger partial charge in [-0.15, -0.1) is 11.8 Å². The first-order valence-corrected chi connectivity index (χ1v) is 12.1. The van der Waals surface area contributed by atoms with E-state index >= 15 is 0 Å². The van der Waals surface area contributed by atoms with Crippen molar-refractivity contribution >= 4 is 52.5 Å². The third-order valence-corrected chi connectivity index (χ3v) is 7.44. The molecule has 0 radical (unpaired) electrons. The van der Waals surface area contributed by atoms with Gasteiger partial charge in [-0.25, -0.2) is 0 Å². The molecule has 1 atom stereocenters. The number of carbonyl (C=O) groups excluding carboxylic acids is 3. The molecule has 1 unspecified atom stereocenters. The molecule has 32 heavy (non-hydrogen) atoms. The molecule has 0 aliphatic carbocycles. The van der Waals surface area contributed by atoms with Crippen molar-refractivity contribution < 1.29 is 14.4 Å². The van der Waals surface area contributed by atoms with Crippen LogP contribution in [0.5, 0.6) is 0 Å². The molecule has 6 nitrogen and oxygen atoms in total. The maximum absolute atomic E-state index is 13.4. The van der Waals surface area contributed by atoms with Crippen LogP contribution in [0.25, 0.3) is 0 Å². The molecule has 4 rings (SSSR count). The van der Waals surface area contributed by atoms with Crippen LogP contribution >= 0.6 is 23.4 Å². The molecule has 1 fully saturated rings. The van der Waals surface area contributed by atoms with Crippen LogP contribution in [-0.4, -0.2) is 47.5 Å². The van der Waals surface area contributed by atoms with Gasteiger partial charge >= 0.3 is 0 Å². The number of para-hydroxylation sites is 1. The Morgan fingerprint density at radius 1 is 1.09 bits per heavy atom. The summed E-state index contributed by atoms with van der Waals surface area (Å²) in [6, 6.07) is 12.7. The van der Waals surface area contributed by atoms with Crippen LogP contribution < -0.4 is 10.2 Å². The van der Waals surface area contributed by atoms with Crippen LogP contribution in [-0.2, 0) is 14.4 Å². The molecular formula is C24H26ClN3O3S. The monoisotopic (exact) mass is 471 g/mol. The Labute approximate surface area is 197 Å². The number of rotatable bonds is 4. The second-order valence-corrected chi connectivity index (χ2v) is 9.70. The van der Waals surface area contributed by atoms with Crippen LogP contribution in [0.15, 0.2) is 47.4 Å². The molecule has 1 saturated heterocycles. The highest BCUT2D eigenvalue weighted by atomic mass is 35.5. The average Bonchev–Trinajstić information content (AvgIpc) is 3.07. The van der Waals surface area contributed by atoms with Gasteiger partial charge in [-0.05, 0) is 49.6 Å². The van der Waals surface area contributed by atoms with Gasteiger partial charge in [0.1, 0.15) is 6.54 Å². The van der Waals surface area contributed by atoms with E-state index in [-0.39, 0.29) is 24.3 Å². The number of carbonyl (C=O) groups is 3. The van der Waals surface area contributed by atoms with Crippen LogP contribution in [0.4, 0.5) is 11.4 Å². The third-order valence-electron chi connectivity index (χ3n) is 5.79. The number of halogens is 1. The van der Waals surface area contributed by atoms with Crippen molar-refractivity contribution in [3.8, 4) is 0 Å². The topological polar surface area (TPSA) is 69.7 Å². The molecule has 2 aliphatic rings. The van der Waals surface area contributed by atoms with Crippen LogP contribution in [0.3, 0.4) is 0 Å². The smallest absolute Gasteiger partial charge is 0.250 e. The van der Waals surface area contributed by atoms with Crippen molar-refractivity contribution in [2.24, 2.45) is 0 Å². The van der Waals surface area contributed by atoms with Crippen LogP contribution in [0, 0.1) is 6.92 Å². The zero-order chi connectivity index (χ0) is 22.7. The molecule has 0 spiro atoms. The normalized spacial score (nSPS) is 18.7. The van der Waals surface area contributed by atoms with E-state index in [1.165, 1.54) is 16.7 Å². The molecule has 0 bridgehead atoms. The maximum atomic E-state index is 13.4. The lowest BCUT2D eigenvalue weighted by molar-refractivity contribution is -0.135. The SMILES string of the molecule is Cc1ccc(NC(=O)CN2C(=O)C(C(=O)N3CCCCCC3)Sc3ccccc32)cc1Cl. The minimum Gasteiger partial charge on any atom is -0.341 e. The lowest BCUT2D eigenvalue weighted by atomic mass is 10.2. The van der Waals surface area contributed by atoms with Crippen LogP contribution in [0.1, 0.15) is 31.2 Å². The Morgan fingerprint density at radius 3 is 2.53 bits per heavy atom. The number of nitrogens with one attached hydrogen (secondary N) is 1. The van der Waals surface area contributed by atoms with Gasteiger partial charge in [0.25, 0.3) is 5.91 Å². The van der Waals surface area contributed by atoms with Crippen molar-refractivity contribution in [1.82, 2.24) is 4.90 Å². The molecule has 2 heterocycles. The largest absolute Gasteiger partial charge is 0.341 e. The van der Waals surface area contributed by atoms with E-state index in [2.05, 4.69) is 5.32 Å². The Balaban J connectivity index is 1.54. The number of fused-ring (bicyclic) bond motifs is 1. The number of nitrogens with zero attached hydrogens (tertiary/aromatic N) is 2. The van der Waals surface area contributed by atoms with E-state index in [0.717, 1.165) is 36.1 Å². The molecule has 2 aromatic rings. The summed E-state index contributed by atoms with van der Waals surface area (Å²) in [6.45, 7) is 3.07. The highest BCUT2D eigenvalue weighted by Crippen LogP contribution is 2.40.